The summed E-state index contributed by atoms with van der Waals surface area (Å²) in [6, 6.07) is 6.10. The summed E-state index contributed by atoms with van der Waals surface area (Å²) in [6.07, 6.45) is 0.208. The van der Waals surface area contributed by atoms with Crippen LogP contribution in [0.25, 0.3) is 10.9 Å². The highest BCUT2D eigenvalue weighted by atomic mass is 16.6. The smallest absolute Gasteiger partial charge is 0.224 e. The third kappa shape index (κ3) is 4.06. The van der Waals surface area contributed by atoms with Crippen LogP contribution in [0, 0.1) is 10.1 Å². The van der Waals surface area contributed by atoms with E-state index in [0.717, 1.165) is 5.39 Å². The highest BCUT2D eigenvalue weighted by Crippen LogP contribution is 2.29. The average Bonchev–Trinajstić information content (AvgIpc) is 2.52. The van der Waals surface area contributed by atoms with Gasteiger partial charge < -0.3 is 15.8 Å². The number of nitrogens with one attached hydrogen (secondary N) is 1. The zero-order valence-electron chi connectivity index (χ0n) is 12.9. The third-order valence-corrected chi connectivity index (χ3v) is 3.45. The summed E-state index contributed by atoms with van der Waals surface area (Å²) in [5.74, 6) is 0.579. The van der Waals surface area contributed by atoms with E-state index < -0.39 is 11.0 Å². The highest BCUT2D eigenvalue weighted by Gasteiger charge is 2.16. The van der Waals surface area contributed by atoms with Gasteiger partial charge >= 0.3 is 0 Å². The fourth-order valence-corrected chi connectivity index (χ4v) is 2.09. The largest absolute Gasteiger partial charge is 0.497 e. The summed E-state index contributed by atoms with van der Waals surface area (Å²) < 4.78 is 5.20. The standard InChI is InChI=1S/C15H18N4O4/c1-9(19(21)22)3-6-14(20)17-12-8-11(23-2)7-10-4-5-13(16)18-15(10)12/h4-5,7-9H,3,6H2,1-2H3,(H2,16,18)(H,17,20). The molecule has 1 aromatic heterocycles. The first-order chi connectivity index (χ1) is 10.9. The molecule has 0 aliphatic heterocycles. The van der Waals surface area contributed by atoms with E-state index >= 15 is 0 Å². The number of benzene rings is 1. The summed E-state index contributed by atoms with van der Waals surface area (Å²) in [5, 5.41) is 14.1. The van der Waals surface area contributed by atoms with Crippen molar-refractivity contribution >= 4 is 28.3 Å². The van der Waals surface area contributed by atoms with Gasteiger partial charge in [-0.15, -0.1) is 0 Å². The first-order valence-corrected chi connectivity index (χ1v) is 7.08. The number of ether oxygens (including phenoxy) is 1. The number of pyridine rings is 1. The molecule has 8 nitrogen and oxygen atoms in total. The van der Waals surface area contributed by atoms with E-state index in [-0.39, 0.29) is 18.7 Å². The van der Waals surface area contributed by atoms with Gasteiger partial charge in [0.05, 0.1) is 18.3 Å². The number of carbonyl (C=O) groups is 1. The van der Waals surface area contributed by atoms with Gasteiger partial charge in [-0.05, 0) is 18.2 Å². The second-order valence-electron chi connectivity index (χ2n) is 5.20. The molecule has 8 heteroatoms. The topological polar surface area (TPSA) is 120 Å². The van der Waals surface area contributed by atoms with Crippen LogP contribution in [-0.4, -0.2) is 29.0 Å². The quantitative estimate of drug-likeness (QED) is 0.622. The summed E-state index contributed by atoms with van der Waals surface area (Å²) in [7, 11) is 1.52. The molecule has 0 saturated heterocycles. The minimum atomic E-state index is -0.767. The van der Waals surface area contributed by atoms with Crippen molar-refractivity contribution in [2.75, 3.05) is 18.2 Å². The molecule has 0 spiro atoms. The number of aromatic nitrogens is 1. The molecule has 1 heterocycles. The zero-order valence-corrected chi connectivity index (χ0v) is 12.9. The van der Waals surface area contributed by atoms with Crippen molar-refractivity contribution in [1.82, 2.24) is 4.98 Å². The lowest BCUT2D eigenvalue weighted by atomic mass is 10.1. The Morgan fingerprint density at radius 3 is 2.87 bits per heavy atom. The number of carbonyl (C=O) groups excluding carboxylic acids is 1. The molecule has 0 bridgehead atoms. The number of rotatable bonds is 6. The van der Waals surface area contributed by atoms with Crippen LogP contribution in [0.2, 0.25) is 0 Å². The molecule has 122 valence electrons. The number of nitro groups is 1. The third-order valence-electron chi connectivity index (χ3n) is 3.45. The molecule has 0 aliphatic carbocycles. The minimum absolute atomic E-state index is 0.0448. The number of methoxy groups -OCH3 is 1. The van der Waals surface area contributed by atoms with Gasteiger partial charge in [0.25, 0.3) is 0 Å². The van der Waals surface area contributed by atoms with Gasteiger partial charge in [0.15, 0.2) is 0 Å². The van der Waals surface area contributed by atoms with Crippen molar-refractivity contribution in [1.29, 1.82) is 0 Å². The fraction of sp³-hybridized carbons (Fsp3) is 0.333. The molecule has 3 N–H and O–H groups in total. The molecule has 0 saturated carbocycles. The maximum atomic E-state index is 12.0. The van der Waals surface area contributed by atoms with Crippen LogP contribution in [0.15, 0.2) is 24.3 Å². The lowest BCUT2D eigenvalue weighted by Crippen LogP contribution is -2.19. The summed E-state index contributed by atoms with van der Waals surface area (Å²) in [6.45, 7) is 1.47. The number of hydrogen-bond acceptors (Lipinski definition) is 6. The molecule has 1 unspecified atom stereocenters. The molecular formula is C15H18N4O4. The van der Waals surface area contributed by atoms with Gasteiger partial charge in [0.2, 0.25) is 11.9 Å². The Morgan fingerprint density at radius 1 is 1.48 bits per heavy atom. The van der Waals surface area contributed by atoms with Crippen molar-refractivity contribution in [2.24, 2.45) is 0 Å². The Bertz CT molecular complexity index is 748. The molecule has 1 aromatic carbocycles. The maximum Gasteiger partial charge on any atom is 0.224 e. The normalized spacial score (nSPS) is 11.9. The Labute approximate surface area is 132 Å². The Balaban J connectivity index is 2.22. The number of nitrogens with two attached hydrogens (primary N) is 1. The monoisotopic (exact) mass is 318 g/mol. The molecule has 0 aliphatic rings. The molecule has 23 heavy (non-hydrogen) atoms. The van der Waals surface area contributed by atoms with Crippen molar-refractivity contribution in [2.45, 2.75) is 25.8 Å². The molecular weight excluding hydrogens is 300 g/mol. The second kappa shape index (κ2) is 6.91. The van der Waals surface area contributed by atoms with Crippen molar-refractivity contribution in [3.63, 3.8) is 0 Å². The van der Waals surface area contributed by atoms with Crippen molar-refractivity contribution < 1.29 is 14.5 Å². The molecule has 1 atom stereocenters. The number of fused-ring (bicyclic) bond motifs is 1. The number of amides is 1. The summed E-state index contributed by atoms with van der Waals surface area (Å²) >= 11 is 0. The molecule has 2 aromatic rings. The van der Waals surface area contributed by atoms with Gasteiger partial charge in [-0.25, -0.2) is 4.98 Å². The lowest BCUT2D eigenvalue weighted by molar-refractivity contribution is -0.518. The Hall–Kier alpha value is -2.90. The van der Waals surface area contributed by atoms with Crippen LogP contribution in [0.4, 0.5) is 11.5 Å². The first-order valence-electron chi connectivity index (χ1n) is 7.08. The second-order valence-corrected chi connectivity index (χ2v) is 5.20. The van der Waals surface area contributed by atoms with Gasteiger partial charge in [-0.3, -0.25) is 14.9 Å². The molecule has 0 radical (unpaired) electrons. The summed E-state index contributed by atoms with van der Waals surface area (Å²) in [4.78, 5) is 26.5. The van der Waals surface area contributed by atoms with E-state index in [9.17, 15) is 14.9 Å². The van der Waals surface area contributed by atoms with E-state index in [2.05, 4.69) is 10.3 Å². The van der Waals surface area contributed by atoms with Crippen LogP contribution in [0.5, 0.6) is 5.75 Å². The number of anilines is 2. The fourth-order valence-electron chi connectivity index (χ4n) is 2.09. The SMILES string of the molecule is COc1cc(NC(=O)CCC(C)[N+](=O)[O-])c2nc(N)ccc2c1. The van der Waals surface area contributed by atoms with Crippen LogP contribution < -0.4 is 15.8 Å². The van der Waals surface area contributed by atoms with Crippen LogP contribution in [-0.2, 0) is 4.79 Å². The van der Waals surface area contributed by atoms with Crippen LogP contribution in [0.1, 0.15) is 19.8 Å². The highest BCUT2D eigenvalue weighted by molar-refractivity contribution is 6.01. The van der Waals surface area contributed by atoms with Gasteiger partial charge in [0.1, 0.15) is 11.6 Å². The van der Waals surface area contributed by atoms with Gasteiger partial charge in [-0.2, -0.15) is 0 Å². The number of hydrogen-bond donors (Lipinski definition) is 2. The van der Waals surface area contributed by atoms with E-state index in [4.69, 9.17) is 10.5 Å². The maximum absolute atomic E-state index is 12.0. The minimum Gasteiger partial charge on any atom is -0.497 e. The predicted octanol–water partition coefficient (Wildman–Crippen LogP) is 2.21. The van der Waals surface area contributed by atoms with E-state index in [1.165, 1.54) is 14.0 Å². The Morgan fingerprint density at radius 2 is 2.22 bits per heavy atom. The van der Waals surface area contributed by atoms with E-state index in [0.29, 0.717) is 22.8 Å². The Kier molecular flexibility index (Phi) is 4.95. The predicted molar refractivity (Wildman–Crippen MR) is 87.0 cm³/mol. The molecule has 1 amide bonds. The van der Waals surface area contributed by atoms with Crippen molar-refractivity contribution in [3.8, 4) is 5.75 Å². The lowest BCUT2D eigenvalue weighted by Gasteiger charge is -2.11. The van der Waals surface area contributed by atoms with E-state index in [1.807, 2.05) is 0 Å². The average molecular weight is 318 g/mol. The first kappa shape index (κ1) is 16.5. The van der Waals surface area contributed by atoms with E-state index in [1.54, 1.807) is 24.3 Å². The van der Waals surface area contributed by atoms with Gasteiger partial charge in [0, 0.05) is 36.1 Å². The van der Waals surface area contributed by atoms with Crippen molar-refractivity contribution in [3.05, 3.63) is 34.4 Å². The van der Waals surface area contributed by atoms with Gasteiger partial charge in [-0.1, -0.05) is 0 Å². The van der Waals surface area contributed by atoms with Crippen LogP contribution in [0.3, 0.4) is 0 Å². The zero-order chi connectivity index (χ0) is 17.0. The number of nitrogens with zero attached hydrogens (tertiary/aromatic N) is 2. The molecule has 2 rings (SSSR count). The molecule has 0 fully saturated rings. The number of nitrogen functional groups attached to an aromatic ring is 1. The summed E-state index contributed by atoms with van der Waals surface area (Å²) in [5.41, 5.74) is 6.70. The van der Waals surface area contributed by atoms with Crippen LogP contribution >= 0.6 is 0 Å².